The van der Waals surface area contributed by atoms with Gasteiger partial charge in [-0.1, -0.05) is 60.7 Å². The van der Waals surface area contributed by atoms with Gasteiger partial charge in [-0.25, -0.2) is 9.78 Å². The molecule has 0 saturated heterocycles. The van der Waals surface area contributed by atoms with E-state index in [1.165, 1.54) is 0 Å². The molecule has 0 saturated carbocycles. The Kier molecular flexibility index (Phi) is 5.84. The van der Waals surface area contributed by atoms with E-state index in [2.05, 4.69) is 4.98 Å². The Morgan fingerprint density at radius 3 is 2.26 bits per heavy atom. The van der Waals surface area contributed by atoms with Gasteiger partial charge in [0, 0.05) is 11.6 Å². The number of ketones is 1. The smallest absolute Gasteiger partial charge is 0.344 e. The summed E-state index contributed by atoms with van der Waals surface area (Å²) in [5.74, 6) is -0.615. The maximum atomic E-state index is 13.1. The van der Waals surface area contributed by atoms with Crippen LogP contribution in [-0.4, -0.2) is 23.3 Å². The predicted octanol–water partition coefficient (Wildman–Crippen LogP) is 3.22. The van der Waals surface area contributed by atoms with Crippen molar-refractivity contribution in [3.8, 4) is 5.75 Å². The summed E-state index contributed by atoms with van der Waals surface area (Å²) in [6, 6.07) is 23.9. The molecule has 0 spiro atoms. The first kappa shape index (κ1) is 20.0. The van der Waals surface area contributed by atoms with Crippen LogP contribution in [0.1, 0.15) is 21.7 Å². The van der Waals surface area contributed by atoms with Gasteiger partial charge in [-0.2, -0.15) is 4.73 Å². The molecule has 1 heterocycles. The number of carbonyl (C=O) groups is 2. The van der Waals surface area contributed by atoms with Gasteiger partial charge in [-0.15, -0.1) is 0 Å². The van der Waals surface area contributed by atoms with Crippen molar-refractivity contribution in [3.63, 3.8) is 0 Å². The summed E-state index contributed by atoms with van der Waals surface area (Å²) in [6.45, 7) is -0.644. The fourth-order valence-electron chi connectivity index (χ4n) is 3.07. The predicted molar refractivity (Wildman–Crippen MR) is 112 cm³/mol. The highest BCUT2D eigenvalue weighted by Crippen LogP contribution is 2.16. The second-order valence-electron chi connectivity index (χ2n) is 6.65. The maximum absolute atomic E-state index is 13.1. The highest BCUT2D eigenvalue weighted by atomic mass is 16.6. The standard InChI is InChI=1S/C24H18N2O5/c27-22(16-30-18-11-5-2-6-12-18)31-15-20-23(24(28)17-9-3-1-4-10-17)26(29)21-14-8-7-13-19(21)25-20/h1-14H,15-16H2. The van der Waals surface area contributed by atoms with Crippen LogP contribution in [0.25, 0.3) is 11.0 Å². The Morgan fingerprint density at radius 1 is 0.871 bits per heavy atom. The first-order valence-electron chi connectivity index (χ1n) is 9.58. The van der Waals surface area contributed by atoms with Crippen LogP contribution in [0, 0.1) is 5.21 Å². The molecule has 0 bridgehead atoms. The van der Waals surface area contributed by atoms with Crippen molar-refractivity contribution >= 4 is 22.8 Å². The van der Waals surface area contributed by atoms with Gasteiger partial charge in [0.25, 0.3) is 11.5 Å². The van der Waals surface area contributed by atoms with E-state index < -0.39 is 11.8 Å². The SMILES string of the molecule is O=C(COc1ccccc1)OCc1nc2ccccc2[n+]([O-])c1C(=O)c1ccccc1. The quantitative estimate of drug-likeness (QED) is 0.200. The minimum atomic E-state index is -0.644. The van der Waals surface area contributed by atoms with Gasteiger partial charge in [0.1, 0.15) is 17.9 Å². The average Bonchev–Trinajstić information content (AvgIpc) is 2.82. The fraction of sp³-hybridized carbons (Fsp3) is 0.0833. The summed E-state index contributed by atoms with van der Waals surface area (Å²) in [7, 11) is 0. The van der Waals surface area contributed by atoms with Gasteiger partial charge >= 0.3 is 5.97 Å². The Labute approximate surface area is 178 Å². The van der Waals surface area contributed by atoms with Crippen LogP contribution in [0.5, 0.6) is 5.75 Å². The van der Waals surface area contributed by atoms with E-state index in [-0.39, 0.29) is 30.1 Å². The second kappa shape index (κ2) is 9.04. The summed E-state index contributed by atoms with van der Waals surface area (Å²) in [5.41, 5.74) is 0.888. The lowest BCUT2D eigenvalue weighted by atomic mass is 10.1. The number of rotatable bonds is 7. The molecule has 0 radical (unpaired) electrons. The number of carbonyl (C=O) groups excluding carboxylic acids is 2. The van der Waals surface area contributed by atoms with Crippen LogP contribution in [0.4, 0.5) is 0 Å². The number of hydrogen-bond donors (Lipinski definition) is 0. The number of para-hydroxylation sites is 3. The van der Waals surface area contributed by atoms with Crippen LogP contribution in [0.2, 0.25) is 0 Å². The van der Waals surface area contributed by atoms with Gasteiger partial charge < -0.3 is 14.7 Å². The van der Waals surface area contributed by atoms with E-state index >= 15 is 0 Å². The van der Waals surface area contributed by atoms with Crippen LogP contribution < -0.4 is 9.47 Å². The summed E-state index contributed by atoms with van der Waals surface area (Å²) < 4.78 is 11.2. The maximum Gasteiger partial charge on any atom is 0.344 e. The van der Waals surface area contributed by atoms with Crippen LogP contribution in [0.3, 0.4) is 0 Å². The molecule has 4 rings (SSSR count). The fourth-order valence-corrected chi connectivity index (χ4v) is 3.07. The molecule has 0 aliphatic carbocycles. The number of fused-ring (bicyclic) bond motifs is 1. The van der Waals surface area contributed by atoms with Gasteiger partial charge in [0.15, 0.2) is 12.3 Å². The highest BCUT2D eigenvalue weighted by Gasteiger charge is 2.28. The van der Waals surface area contributed by atoms with E-state index in [4.69, 9.17) is 9.47 Å². The molecule has 0 fully saturated rings. The molecule has 7 heteroatoms. The first-order valence-corrected chi connectivity index (χ1v) is 9.58. The molecule has 0 unspecified atom stereocenters. The molecule has 0 N–H and O–H groups in total. The highest BCUT2D eigenvalue weighted by molar-refractivity contribution is 6.07. The zero-order chi connectivity index (χ0) is 21.6. The van der Waals surface area contributed by atoms with Crippen molar-refractivity contribution in [2.45, 2.75) is 6.61 Å². The van der Waals surface area contributed by atoms with Crippen molar-refractivity contribution in [1.82, 2.24) is 4.98 Å². The molecule has 0 amide bonds. The van der Waals surface area contributed by atoms with E-state index in [1.54, 1.807) is 78.9 Å². The zero-order valence-corrected chi connectivity index (χ0v) is 16.4. The number of nitrogens with zero attached hydrogens (tertiary/aromatic N) is 2. The van der Waals surface area contributed by atoms with Crippen LogP contribution >= 0.6 is 0 Å². The normalized spacial score (nSPS) is 10.6. The molecule has 3 aromatic carbocycles. The van der Waals surface area contributed by atoms with Crippen molar-refractivity contribution in [3.05, 3.63) is 107 Å². The number of esters is 1. The van der Waals surface area contributed by atoms with E-state index in [0.29, 0.717) is 21.6 Å². The third-order valence-corrected chi connectivity index (χ3v) is 4.55. The average molecular weight is 414 g/mol. The van der Waals surface area contributed by atoms with Crippen molar-refractivity contribution in [2.24, 2.45) is 0 Å². The summed E-state index contributed by atoms with van der Waals surface area (Å²) in [5, 5.41) is 13.0. The lowest BCUT2D eigenvalue weighted by Gasteiger charge is -2.12. The van der Waals surface area contributed by atoms with Crippen LogP contribution in [0.15, 0.2) is 84.9 Å². The molecule has 7 nitrogen and oxygen atoms in total. The minimum absolute atomic E-state index is 0.0793. The topological polar surface area (TPSA) is 92.4 Å². The van der Waals surface area contributed by atoms with Gasteiger partial charge in [-0.05, 0) is 18.2 Å². The third kappa shape index (κ3) is 4.51. The summed E-state index contributed by atoms with van der Waals surface area (Å²) in [6.07, 6.45) is 0. The number of ether oxygens (including phenoxy) is 2. The molecular formula is C24H18N2O5. The molecule has 0 atom stereocenters. The third-order valence-electron chi connectivity index (χ3n) is 4.55. The molecule has 154 valence electrons. The summed E-state index contributed by atoms with van der Waals surface area (Å²) >= 11 is 0. The molecule has 0 aliphatic heterocycles. The summed E-state index contributed by atoms with van der Waals surface area (Å²) in [4.78, 5) is 29.6. The Balaban J connectivity index is 1.60. The zero-order valence-electron chi connectivity index (χ0n) is 16.4. The van der Waals surface area contributed by atoms with Crippen molar-refractivity contribution in [1.29, 1.82) is 0 Å². The van der Waals surface area contributed by atoms with Crippen molar-refractivity contribution < 1.29 is 23.8 Å². The number of hydrogen-bond acceptors (Lipinski definition) is 6. The van der Waals surface area contributed by atoms with E-state index in [1.807, 2.05) is 6.07 Å². The first-order chi connectivity index (χ1) is 15.1. The molecule has 31 heavy (non-hydrogen) atoms. The Morgan fingerprint density at radius 2 is 1.52 bits per heavy atom. The van der Waals surface area contributed by atoms with Gasteiger partial charge in [0.05, 0.1) is 0 Å². The van der Waals surface area contributed by atoms with Crippen molar-refractivity contribution in [2.75, 3.05) is 6.61 Å². The van der Waals surface area contributed by atoms with E-state index in [0.717, 1.165) is 0 Å². The number of benzene rings is 3. The monoisotopic (exact) mass is 414 g/mol. The minimum Gasteiger partial charge on any atom is -0.618 e. The van der Waals surface area contributed by atoms with Gasteiger partial charge in [0.2, 0.25) is 5.52 Å². The lowest BCUT2D eigenvalue weighted by Crippen LogP contribution is -2.38. The van der Waals surface area contributed by atoms with E-state index in [9.17, 15) is 14.8 Å². The Bertz CT molecular complexity index is 1230. The van der Waals surface area contributed by atoms with Crippen LogP contribution in [-0.2, 0) is 16.1 Å². The number of aromatic nitrogens is 2. The Hall–Kier alpha value is -4.26. The molecule has 0 aliphatic rings. The second-order valence-corrected chi connectivity index (χ2v) is 6.65. The lowest BCUT2D eigenvalue weighted by molar-refractivity contribution is -0.580. The largest absolute Gasteiger partial charge is 0.618 e. The molecular weight excluding hydrogens is 396 g/mol. The van der Waals surface area contributed by atoms with Gasteiger partial charge in [-0.3, -0.25) is 4.79 Å². The molecule has 4 aromatic rings. The molecule has 1 aromatic heterocycles.